The van der Waals surface area contributed by atoms with Crippen molar-refractivity contribution in [2.24, 2.45) is 0 Å². The van der Waals surface area contributed by atoms with E-state index in [1.54, 1.807) is 6.20 Å². The molecule has 0 radical (unpaired) electrons. The standard InChI is InChI=1S/C13H12BrN3S/c1-9-2-3-11(14)6-10(9)4-5-16-13-17-8-12(7-15)18-13/h2-3,6,8H,4-5H2,1H3,(H,16,17). The van der Waals surface area contributed by atoms with Crippen molar-refractivity contribution in [2.45, 2.75) is 13.3 Å². The Labute approximate surface area is 119 Å². The number of nitrogens with zero attached hydrogens (tertiary/aromatic N) is 2. The number of benzene rings is 1. The van der Waals surface area contributed by atoms with E-state index in [2.05, 4.69) is 51.4 Å². The molecule has 0 amide bonds. The lowest BCUT2D eigenvalue weighted by Crippen LogP contribution is -2.05. The Morgan fingerprint density at radius 1 is 1.50 bits per heavy atom. The van der Waals surface area contributed by atoms with Gasteiger partial charge in [-0.2, -0.15) is 5.26 Å². The van der Waals surface area contributed by atoms with Crippen LogP contribution in [0.1, 0.15) is 16.0 Å². The number of nitriles is 1. The first-order valence-electron chi connectivity index (χ1n) is 5.54. The molecule has 1 heterocycles. The zero-order chi connectivity index (χ0) is 13.0. The van der Waals surface area contributed by atoms with E-state index in [4.69, 9.17) is 5.26 Å². The Kier molecular flexibility index (Phi) is 4.34. The maximum absolute atomic E-state index is 8.71. The molecule has 0 bridgehead atoms. The third-order valence-corrected chi connectivity index (χ3v) is 3.95. The Morgan fingerprint density at radius 3 is 3.06 bits per heavy atom. The van der Waals surface area contributed by atoms with Crippen molar-refractivity contribution < 1.29 is 0 Å². The minimum Gasteiger partial charge on any atom is -0.361 e. The predicted molar refractivity (Wildman–Crippen MR) is 77.9 cm³/mol. The number of hydrogen-bond acceptors (Lipinski definition) is 4. The summed E-state index contributed by atoms with van der Waals surface area (Å²) >= 11 is 4.86. The molecule has 0 spiro atoms. The van der Waals surface area contributed by atoms with E-state index >= 15 is 0 Å². The number of rotatable bonds is 4. The third kappa shape index (κ3) is 3.31. The predicted octanol–water partition coefficient (Wildman–Crippen LogP) is 3.74. The number of thiazole rings is 1. The van der Waals surface area contributed by atoms with Crippen LogP contribution in [0.25, 0.3) is 0 Å². The first kappa shape index (κ1) is 13.1. The number of aromatic nitrogens is 1. The van der Waals surface area contributed by atoms with Gasteiger partial charge in [0.2, 0.25) is 0 Å². The van der Waals surface area contributed by atoms with Crippen LogP contribution in [0.4, 0.5) is 5.13 Å². The zero-order valence-corrected chi connectivity index (χ0v) is 12.3. The molecule has 5 heteroatoms. The van der Waals surface area contributed by atoms with Crippen LogP contribution < -0.4 is 5.32 Å². The van der Waals surface area contributed by atoms with Gasteiger partial charge in [-0.05, 0) is 36.6 Å². The summed E-state index contributed by atoms with van der Waals surface area (Å²) in [6.45, 7) is 2.93. The van der Waals surface area contributed by atoms with Crippen LogP contribution in [0, 0.1) is 18.3 Å². The molecule has 18 heavy (non-hydrogen) atoms. The van der Waals surface area contributed by atoms with E-state index in [0.29, 0.717) is 4.88 Å². The summed E-state index contributed by atoms with van der Waals surface area (Å²) in [5, 5.41) is 12.7. The first-order chi connectivity index (χ1) is 8.69. The molecular formula is C13H12BrN3S. The lowest BCUT2D eigenvalue weighted by Gasteiger charge is -2.07. The Balaban J connectivity index is 1.92. The van der Waals surface area contributed by atoms with E-state index < -0.39 is 0 Å². The van der Waals surface area contributed by atoms with E-state index in [1.165, 1.54) is 22.5 Å². The minimum atomic E-state index is 0.635. The van der Waals surface area contributed by atoms with Crippen LogP contribution in [0.5, 0.6) is 0 Å². The largest absolute Gasteiger partial charge is 0.361 e. The topological polar surface area (TPSA) is 48.7 Å². The molecule has 3 nitrogen and oxygen atoms in total. The quantitative estimate of drug-likeness (QED) is 0.933. The fourth-order valence-corrected chi connectivity index (χ4v) is 2.67. The van der Waals surface area contributed by atoms with Crippen molar-refractivity contribution in [1.29, 1.82) is 5.26 Å². The summed E-state index contributed by atoms with van der Waals surface area (Å²) in [6, 6.07) is 8.38. The highest BCUT2D eigenvalue weighted by atomic mass is 79.9. The number of aryl methyl sites for hydroxylation is 1. The van der Waals surface area contributed by atoms with Gasteiger partial charge < -0.3 is 5.32 Å². The molecule has 0 fully saturated rings. The number of hydrogen-bond donors (Lipinski definition) is 1. The second kappa shape index (κ2) is 5.98. The number of anilines is 1. The van der Waals surface area contributed by atoms with Crippen molar-refractivity contribution in [3.8, 4) is 6.07 Å². The van der Waals surface area contributed by atoms with E-state index in [-0.39, 0.29) is 0 Å². The van der Waals surface area contributed by atoms with Gasteiger partial charge in [0, 0.05) is 11.0 Å². The van der Waals surface area contributed by atoms with Gasteiger partial charge in [0.25, 0.3) is 0 Å². The van der Waals surface area contributed by atoms with Crippen molar-refractivity contribution in [1.82, 2.24) is 4.98 Å². The molecule has 1 aromatic carbocycles. The first-order valence-corrected chi connectivity index (χ1v) is 7.15. The Morgan fingerprint density at radius 2 is 2.33 bits per heavy atom. The van der Waals surface area contributed by atoms with Crippen molar-refractivity contribution in [3.63, 3.8) is 0 Å². The highest BCUT2D eigenvalue weighted by Crippen LogP contribution is 2.18. The molecule has 0 aliphatic carbocycles. The fraction of sp³-hybridized carbons (Fsp3) is 0.231. The van der Waals surface area contributed by atoms with Gasteiger partial charge in [-0.3, -0.25) is 0 Å². The van der Waals surface area contributed by atoms with Gasteiger partial charge in [0.1, 0.15) is 10.9 Å². The van der Waals surface area contributed by atoms with Gasteiger partial charge in [0.15, 0.2) is 5.13 Å². The average molecular weight is 322 g/mol. The van der Waals surface area contributed by atoms with Crippen LogP contribution in [-0.4, -0.2) is 11.5 Å². The van der Waals surface area contributed by atoms with Crippen LogP contribution in [0.15, 0.2) is 28.9 Å². The SMILES string of the molecule is Cc1ccc(Br)cc1CCNc1ncc(C#N)s1. The maximum Gasteiger partial charge on any atom is 0.183 e. The number of nitrogens with one attached hydrogen (secondary N) is 1. The van der Waals surface area contributed by atoms with Crippen LogP contribution >= 0.6 is 27.3 Å². The van der Waals surface area contributed by atoms with Gasteiger partial charge in [-0.1, -0.05) is 33.3 Å². The summed E-state index contributed by atoms with van der Waals surface area (Å²) in [7, 11) is 0. The normalized spacial score (nSPS) is 10.1. The molecule has 1 aromatic heterocycles. The molecule has 0 aliphatic heterocycles. The van der Waals surface area contributed by atoms with Gasteiger partial charge in [0.05, 0.1) is 6.20 Å². The van der Waals surface area contributed by atoms with Crippen LogP contribution in [-0.2, 0) is 6.42 Å². The molecule has 92 valence electrons. The average Bonchev–Trinajstić information content (AvgIpc) is 2.81. The summed E-state index contributed by atoms with van der Waals surface area (Å²) < 4.78 is 1.10. The smallest absolute Gasteiger partial charge is 0.183 e. The van der Waals surface area contributed by atoms with E-state index in [1.807, 2.05) is 6.07 Å². The molecule has 0 aliphatic rings. The van der Waals surface area contributed by atoms with Gasteiger partial charge >= 0.3 is 0 Å². The van der Waals surface area contributed by atoms with E-state index in [9.17, 15) is 0 Å². The molecule has 0 saturated heterocycles. The summed E-state index contributed by atoms with van der Waals surface area (Å²) in [6.07, 6.45) is 2.53. The number of halogens is 1. The lowest BCUT2D eigenvalue weighted by atomic mass is 10.1. The Hall–Kier alpha value is -1.38. The van der Waals surface area contributed by atoms with Crippen LogP contribution in [0.2, 0.25) is 0 Å². The molecule has 0 saturated carbocycles. The fourth-order valence-electron chi connectivity index (χ4n) is 1.62. The highest BCUT2D eigenvalue weighted by Gasteiger charge is 2.02. The summed E-state index contributed by atoms with van der Waals surface area (Å²) in [5.74, 6) is 0. The van der Waals surface area contributed by atoms with Crippen molar-refractivity contribution in [3.05, 3.63) is 44.9 Å². The van der Waals surface area contributed by atoms with Crippen molar-refractivity contribution in [2.75, 3.05) is 11.9 Å². The summed E-state index contributed by atoms with van der Waals surface area (Å²) in [4.78, 5) is 4.77. The zero-order valence-electron chi connectivity index (χ0n) is 9.90. The lowest BCUT2D eigenvalue weighted by molar-refractivity contribution is 1.000. The second-order valence-electron chi connectivity index (χ2n) is 3.89. The van der Waals surface area contributed by atoms with Crippen molar-refractivity contribution >= 4 is 32.4 Å². The monoisotopic (exact) mass is 321 g/mol. The highest BCUT2D eigenvalue weighted by molar-refractivity contribution is 9.10. The molecule has 0 unspecified atom stereocenters. The molecule has 0 atom stereocenters. The molecule has 1 N–H and O–H groups in total. The minimum absolute atomic E-state index is 0.635. The second-order valence-corrected chi connectivity index (χ2v) is 5.84. The Bertz CT molecular complexity index is 586. The van der Waals surface area contributed by atoms with E-state index in [0.717, 1.165) is 22.6 Å². The third-order valence-electron chi connectivity index (χ3n) is 2.60. The van der Waals surface area contributed by atoms with Gasteiger partial charge in [-0.15, -0.1) is 0 Å². The molecule has 2 rings (SSSR count). The van der Waals surface area contributed by atoms with Crippen LogP contribution in [0.3, 0.4) is 0 Å². The summed E-state index contributed by atoms with van der Waals surface area (Å²) in [5.41, 5.74) is 2.60. The maximum atomic E-state index is 8.71. The molecular weight excluding hydrogens is 310 g/mol. The molecule has 2 aromatic rings. The van der Waals surface area contributed by atoms with Gasteiger partial charge in [-0.25, -0.2) is 4.98 Å².